The molecular weight excluding hydrogens is 500 g/mol. The summed E-state index contributed by atoms with van der Waals surface area (Å²) in [7, 11) is 0. The second kappa shape index (κ2) is 12.1. The minimum absolute atomic E-state index is 0.0507. The SMILES string of the molecule is CC[C@H](C)Oc1ccc([N+](=O)[O-])cc1/C=N/NC(=O)c1ccc(COc2ccc(-n3c(C)ccc3C)cc2)o1. The van der Waals surface area contributed by atoms with Crippen LogP contribution in [0.1, 0.15) is 53.5 Å². The van der Waals surface area contributed by atoms with E-state index in [0.29, 0.717) is 22.8 Å². The van der Waals surface area contributed by atoms with Crippen molar-refractivity contribution in [1.29, 1.82) is 0 Å². The number of hydrazone groups is 1. The smallest absolute Gasteiger partial charge is 0.307 e. The topological polar surface area (TPSA) is 121 Å². The average molecular weight is 531 g/mol. The largest absolute Gasteiger partial charge is 0.490 e. The number of nitrogens with one attached hydrogen (secondary N) is 1. The molecule has 0 fully saturated rings. The molecule has 0 aliphatic rings. The number of rotatable bonds is 11. The Morgan fingerprint density at radius 3 is 2.49 bits per heavy atom. The number of furan rings is 1. The predicted octanol–water partition coefficient (Wildman–Crippen LogP) is 6.12. The molecule has 10 nitrogen and oxygen atoms in total. The highest BCUT2D eigenvalue weighted by Crippen LogP contribution is 2.24. The molecule has 39 heavy (non-hydrogen) atoms. The number of hydrogen-bond acceptors (Lipinski definition) is 7. The van der Waals surface area contributed by atoms with Crippen molar-refractivity contribution < 1.29 is 23.6 Å². The third kappa shape index (κ3) is 6.72. The van der Waals surface area contributed by atoms with Crippen molar-refractivity contribution in [2.75, 3.05) is 0 Å². The maximum absolute atomic E-state index is 12.5. The second-order valence-corrected chi connectivity index (χ2v) is 9.02. The van der Waals surface area contributed by atoms with Crippen molar-refractivity contribution in [2.24, 2.45) is 5.10 Å². The Kier molecular flexibility index (Phi) is 8.45. The molecule has 4 rings (SSSR count). The first kappa shape index (κ1) is 27.2. The zero-order chi connectivity index (χ0) is 27.9. The van der Waals surface area contributed by atoms with E-state index in [-0.39, 0.29) is 24.2 Å². The van der Waals surface area contributed by atoms with Gasteiger partial charge < -0.3 is 18.5 Å². The van der Waals surface area contributed by atoms with Crippen LogP contribution in [0.25, 0.3) is 5.69 Å². The highest BCUT2D eigenvalue weighted by Gasteiger charge is 2.14. The van der Waals surface area contributed by atoms with Crippen LogP contribution in [0.5, 0.6) is 11.5 Å². The second-order valence-electron chi connectivity index (χ2n) is 9.02. The Bertz CT molecular complexity index is 1470. The number of benzene rings is 2. The molecular formula is C29H30N4O6. The fourth-order valence-corrected chi connectivity index (χ4v) is 3.87. The quantitative estimate of drug-likeness (QED) is 0.142. The van der Waals surface area contributed by atoms with Crippen molar-refractivity contribution in [3.63, 3.8) is 0 Å². The Morgan fingerprint density at radius 1 is 1.10 bits per heavy atom. The number of aryl methyl sites for hydroxylation is 2. The van der Waals surface area contributed by atoms with E-state index >= 15 is 0 Å². The van der Waals surface area contributed by atoms with Crippen LogP contribution in [0.15, 0.2) is 76.2 Å². The van der Waals surface area contributed by atoms with E-state index in [2.05, 4.69) is 41.1 Å². The van der Waals surface area contributed by atoms with Gasteiger partial charge >= 0.3 is 5.91 Å². The summed E-state index contributed by atoms with van der Waals surface area (Å²) in [5.74, 6) is 1.04. The normalized spacial score (nSPS) is 11.9. The van der Waals surface area contributed by atoms with Gasteiger partial charge in [0.1, 0.15) is 23.9 Å². The van der Waals surface area contributed by atoms with E-state index in [9.17, 15) is 14.9 Å². The number of nitrogens with zero attached hydrogens (tertiary/aromatic N) is 3. The maximum atomic E-state index is 12.5. The maximum Gasteiger partial charge on any atom is 0.307 e. The summed E-state index contributed by atoms with van der Waals surface area (Å²) in [6, 6.07) is 19.3. The summed E-state index contributed by atoms with van der Waals surface area (Å²) < 4.78 is 19.4. The van der Waals surface area contributed by atoms with E-state index in [4.69, 9.17) is 13.9 Å². The molecule has 0 radical (unpaired) electrons. The van der Waals surface area contributed by atoms with Gasteiger partial charge in [-0.1, -0.05) is 6.92 Å². The summed E-state index contributed by atoms with van der Waals surface area (Å²) in [5, 5.41) is 15.1. The van der Waals surface area contributed by atoms with E-state index in [1.165, 1.54) is 30.5 Å². The van der Waals surface area contributed by atoms with E-state index in [1.54, 1.807) is 6.07 Å². The van der Waals surface area contributed by atoms with Crippen molar-refractivity contribution in [3.05, 3.63) is 105 Å². The molecule has 1 amide bonds. The summed E-state index contributed by atoms with van der Waals surface area (Å²) in [6.45, 7) is 8.11. The van der Waals surface area contributed by atoms with Crippen LogP contribution in [0, 0.1) is 24.0 Å². The first-order valence-corrected chi connectivity index (χ1v) is 12.5. The number of nitro groups is 1. The number of nitro benzene ring substituents is 1. The number of carbonyl (C=O) groups is 1. The molecule has 0 aliphatic heterocycles. The van der Waals surface area contributed by atoms with Crippen LogP contribution in [-0.2, 0) is 6.61 Å². The molecule has 1 atom stereocenters. The van der Waals surface area contributed by atoms with Crippen LogP contribution in [0.4, 0.5) is 5.69 Å². The van der Waals surface area contributed by atoms with Crippen molar-refractivity contribution in [2.45, 2.75) is 46.8 Å². The van der Waals surface area contributed by atoms with Crippen molar-refractivity contribution in [1.82, 2.24) is 9.99 Å². The molecule has 0 spiro atoms. The Morgan fingerprint density at radius 2 is 1.82 bits per heavy atom. The van der Waals surface area contributed by atoms with Gasteiger partial charge in [-0.25, -0.2) is 5.43 Å². The molecule has 0 saturated carbocycles. The molecule has 10 heteroatoms. The Balaban J connectivity index is 1.35. The molecule has 0 aliphatic carbocycles. The highest BCUT2D eigenvalue weighted by molar-refractivity contribution is 5.93. The Labute approximate surface area is 226 Å². The minimum atomic E-state index is -0.575. The molecule has 0 saturated heterocycles. The molecule has 4 aromatic rings. The van der Waals surface area contributed by atoms with Gasteiger partial charge in [-0.15, -0.1) is 0 Å². The molecule has 2 aromatic carbocycles. The monoisotopic (exact) mass is 530 g/mol. The lowest BCUT2D eigenvalue weighted by atomic mass is 10.2. The van der Waals surface area contributed by atoms with E-state index < -0.39 is 10.8 Å². The third-order valence-corrected chi connectivity index (χ3v) is 6.11. The summed E-state index contributed by atoms with van der Waals surface area (Å²) in [5.41, 5.74) is 5.97. The van der Waals surface area contributed by atoms with Gasteiger partial charge in [-0.3, -0.25) is 14.9 Å². The van der Waals surface area contributed by atoms with Crippen LogP contribution >= 0.6 is 0 Å². The standard InChI is InChI=1S/C29H30N4O6/c1-5-21(4)38-27-14-10-24(33(35)36)16-22(27)17-30-31-29(34)28-15-13-26(39-28)18-37-25-11-8-23(9-12-25)32-19(2)6-7-20(32)3/h6-17,21H,5,18H2,1-4H3,(H,31,34)/b30-17+/t21-/m0/s1. The Hall–Kier alpha value is -4.86. The van der Waals surface area contributed by atoms with Gasteiger partial charge in [0, 0.05) is 34.8 Å². The average Bonchev–Trinajstić information content (AvgIpc) is 3.54. The zero-order valence-electron chi connectivity index (χ0n) is 22.2. The zero-order valence-corrected chi connectivity index (χ0v) is 22.2. The van der Waals surface area contributed by atoms with Crippen molar-refractivity contribution in [3.8, 4) is 17.2 Å². The first-order valence-electron chi connectivity index (χ1n) is 12.5. The first-order chi connectivity index (χ1) is 18.7. The minimum Gasteiger partial charge on any atom is -0.490 e. The highest BCUT2D eigenvalue weighted by atomic mass is 16.6. The van der Waals surface area contributed by atoms with Crippen LogP contribution in [-0.4, -0.2) is 27.7 Å². The fraction of sp³-hybridized carbons (Fsp3) is 0.241. The molecule has 2 heterocycles. The van der Waals surface area contributed by atoms with Crippen molar-refractivity contribution >= 4 is 17.8 Å². The lowest BCUT2D eigenvalue weighted by molar-refractivity contribution is -0.384. The van der Waals surface area contributed by atoms with Gasteiger partial charge in [0.2, 0.25) is 0 Å². The molecule has 2 aromatic heterocycles. The van der Waals surface area contributed by atoms with Crippen LogP contribution in [0.3, 0.4) is 0 Å². The number of non-ortho nitro benzene ring substituents is 1. The predicted molar refractivity (Wildman–Crippen MR) is 147 cm³/mol. The number of amides is 1. The van der Waals surface area contributed by atoms with Crippen LogP contribution < -0.4 is 14.9 Å². The molecule has 1 N–H and O–H groups in total. The fourth-order valence-electron chi connectivity index (χ4n) is 3.87. The van der Waals surface area contributed by atoms with Gasteiger partial charge in [0.15, 0.2) is 5.76 Å². The summed E-state index contributed by atoms with van der Waals surface area (Å²) in [4.78, 5) is 23.2. The number of aromatic nitrogens is 1. The summed E-state index contributed by atoms with van der Waals surface area (Å²) in [6.07, 6.45) is 1.96. The van der Waals surface area contributed by atoms with Gasteiger partial charge in [0.25, 0.3) is 5.69 Å². The lowest BCUT2D eigenvalue weighted by Gasteiger charge is -2.14. The van der Waals surface area contributed by atoms with E-state index in [1.807, 2.05) is 38.1 Å². The molecule has 0 bridgehead atoms. The van der Waals surface area contributed by atoms with Gasteiger partial charge in [-0.05, 0) is 81.8 Å². The summed E-state index contributed by atoms with van der Waals surface area (Å²) >= 11 is 0. The van der Waals surface area contributed by atoms with Gasteiger partial charge in [-0.2, -0.15) is 5.10 Å². The number of hydrogen-bond donors (Lipinski definition) is 1. The number of carbonyl (C=O) groups excluding carboxylic acids is 1. The lowest BCUT2D eigenvalue weighted by Crippen LogP contribution is -2.17. The third-order valence-electron chi connectivity index (χ3n) is 6.11. The van der Waals surface area contributed by atoms with Gasteiger partial charge in [0.05, 0.1) is 17.2 Å². The molecule has 0 unspecified atom stereocenters. The molecule has 202 valence electrons. The van der Waals surface area contributed by atoms with Crippen LogP contribution in [0.2, 0.25) is 0 Å². The van der Waals surface area contributed by atoms with E-state index in [0.717, 1.165) is 23.5 Å². The number of ether oxygens (including phenoxy) is 2.